The molecule has 0 amide bonds. The minimum atomic E-state index is -3.62. The first-order valence-electron chi connectivity index (χ1n) is 6.27. The molecule has 4 nitrogen and oxygen atoms in total. The summed E-state index contributed by atoms with van der Waals surface area (Å²) in [5.41, 5.74) is 0.785. The minimum Gasteiger partial charge on any atom is -0.492 e. The van der Waals surface area contributed by atoms with Crippen LogP contribution < -0.4 is 9.46 Å². The van der Waals surface area contributed by atoms with Gasteiger partial charge in [0.2, 0.25) is 10.0 Å². The number of sulfonamides is 1. The van der Waals surface area contributed by atoms with E-state index in [0.717, 1.165) is 5.56 Å². The Balaban J connectivity index is 3.27. The van der Waals surface area contributed by atoms with Gasteiger partial charge in [-0.05, 0) is 44.9 Å². The van der Waals surface area contributed by atoms with Crippen LogP contribution in [-0.2, 0) is 10.0 Å². The quantitative estimate of drug-likeness (QED) is 0.878. The molecule has 0 fully saturated rings. The molecular weight excluding hydrogens is 286 g/mol. The van der Waals surface area contributed by atoms with Crippen molar-refractivity contribution in [2.45, 2.75) is 45.1 Å². The van der Waals surface area contributed by atoms with Gasteiger partial charge in [0, 0.05) is 11.1 Å². The number of rotatable bonds is 6. The highest BCUT2D eigenvalue weighted by Gasteiger charge is 2.22. The Hall–Kier alpha value is -0.780. The molecule has 0 aliphatic heterocycles. The largest absolute Gasteiger partial charge is 0.492 e. The van der Waals surface area contributed by atoms with Crippen molar-refractivity contribution in [3.8, 4) is 5.75 Å². The van der Waals surface area contributed by atoms with E-state index in [1.807, 2.05) is 27.7 Å². The summed E-state index contributed by atoms with van der Waals surface area (Å²) in [4.78, 5) is 0.0882. The molecule has 6 heteroatoms. The molecule has 1 atom stereocenters. The maximum atomic E-state index is 12.3. The molecule has 0 spiro atoms. The summed E-state index contributed by atoms with van der Waals surface area (Å²) in [6.45, 7) is 7.74. The maximum Gasteiger partial charge on any atom is 0.244 e. The molecule has 0 aliphatic carbocycles. The Kier molecular flexibility index (Phi) is 5.64. The predicted molar refractivity (Wildman–Crippen MR) is 77.4 cm³/mol. The van der Waals surface area contributed by atoms with Gasteiger partial charge in [0.25, 0.3) is 0 Å². The average Bonchev–Trinajstić information content (AvgIpc) is 2.33. The molecule has 0 radical (unpaired) electrons. The standard InChI is InChI=1S/C13H20ClNO3S/c1-5-10(4)15-19(16,17)13-8-11(14)9(3)7-12(13)18-6-2/h7-8,10,15H,5-6H2,1-4H3. The Morgan fingerprint density at radius 1 is 1.37 bits per heavy atom. The molecule has 19 heavy (non-hydrogen) atoms. The van der Waals surface area contributed by atoms with Gasteiger partial charge in [0.15, 0.2) is 0 Å². The fraction of sp³-hybridized carbons (Fsp3) is 0.538. The molecule has 1 aromatic rings. The van der Waals surface area contributed by atoms with Gasteiger partial charge in [-0.15, -0.1) is 0 Å². The van der Waals surface area contributed by atoms with Crippen molar-refractivity contribution in [1.29, 1.82) is 0 Å². The van der Waals surface area contributed by atoms with Crippen molar-refractivity contribution >= 4 is 21.6 Å². The molecule has 1 rings (SSSR count). The number of benzene rings is 1. The van der Waals surface area contributed by atoms with Crippen LogP contribution in [0, 0.1) is 6.92 Å². The fourth-order valence-corrected chi connectivity index (χ4v) is 3.23. The van der Waals surface area contributed by atoms with Crippen molar-refractivity contribution in [3.63, 3.8) is 0 Å². The van der Waals surface area contributed by atoms with E-state index in [1.54, 1.807) is 6.07 Å². The lowest BCUT2D eigenvalue weighted by Gasteiger charge is -2.16. The van der Waals surface area contributed by atoms with Crippen molar-refractivity contribution in [2.75, 3.05) is 6.61 Å². The lowest BCUT2D eigenvalue weighted by Crippen LogP contribution is -2.32. The number of nitrogens with one attached hydrogen (secondary N) is 1. The number of hydrogen-bond acceptors (Lipinski definition) is 3. The Morgan fingerprint density at radius 2 is 2.00 bits per heavy atom. The summed E-state index contributed by atoms with van der Waals surface area (Å²) in [6.07, 6.45) is 0.711. The number of ether oxygens (including phenoxy) is 1. The van der Waals surface area contributed by atoms with E-state index in [1.165, 1.54) is 6.07 Å². The molecule has 0 bridgehead atoms. The molecule has 1 N–H and O–H groups in total. The molecule has 0 heterocycles. The second-order valence-corrected chi connectivity index (χ2v) is 6.50. The van der Waals surface area contributed by atoms with Gasteiger partial charge in [-0.3, -0.25) is 0 Å². The van der Waals surface area contributed by atoms with Crippen molar-refractivity contribution in [3.05, 3.63) is 22.7 Å². The zero-order valence-electron chi connectivity index (χ0n) is 11.7. The van der Waals surface area contributed by atoms with Crippen LogP contribution >= 0.6 is 11.6 Å². The summed E-state index contributed by atoms with van der Waals surface area (Å²) in [5, 5.41) is 0.410. The first-order valence-corrected chi connectivity index (χ1v) is 8.13. The lowest BCUT2D eigenvalue weighted by molar-refractivity contribution is 0.330. The fourth-order valence-electron chi connectivity index (χ4n) is 1.53. The molecule has 0 aromatic heterocycles. The second kappa shape index (κ2) is 6.59. The van der Waals surface area contributed by atoms with E-state index in [9.17, 15) is 8.42 Å². The van der Waals surface area contributed by atoms with E-state index in [-0.39, 0.29) is 10.9 Å². The van der Waals surface area contributed by atoms with E-state index < -0.39 is 10.0 Å². The van der Waals surface area contributed by atoms with Crippen LogP contribution in [0.1, 0.15) is 32.8 Å². The van der Waals surface area contributed by atoms with Gasteiger partial charge in [-0.25, -0.2) is 13.1 Å². The van der Waals surface area contributed by atoms with Crippen LogP contribution in [0.3, 0.4) is 0 Å². The Morgan fingerprint density at radius 3 is 2.53 bits per heavy atom. The normalized spacial score (nSPS) is 13.3. The molecule has 108 valence electrons. The number of aryl methyl sites for hydroxylation is 1. The summed E-state index contributed by atoms with van der Waals surface area (Å²) in [5.74, 6) is 0.334. The maximum absolute atomic E-state index is 12.3. The van der Waals surface area contributed by atoms with Gasteiger partial charge >= 0.3 is 0 Å². The van der Waals surface area contributed by atoms with E-state index in [4.69, 9.17) is 16.3 Å². The van der Waals surface area contributed by atoms with Crippen molar-refractivity contribution in [1.82, 2.24) is 4.72 Å². The highest BCUT2D eigenvalue weighted by Crippen LogP contribution is 2.30. The molecule has 0 saturated carbocycles. The summed E-state index contributed by atoms with van der Waals surface area (Å²) in [7, 11) is -3.62. The highest BCUT2D eigenvalue weighted by atomic mass is 35.5. The van der Waals surface area contributed by atoms with Crippen LogP contribution in [0.4, 0.5) is 0 Å². The Labute approximate surface area is 120 Å². The molecular formula is C13H20ClNO3S. The van der Waals surface area contributed by atoms with Crippen LogP contribution in [0.15, 0.2) is 17.0 Å². The van der Waals surface area contributed by atoms with E-state index >= 15 is 0 Å². The summed E-state index contributed by atoms with van der Waals surface area (Å²) in [6, 6.07) is 2.95. The van der Waals surface area contributed by atoms with Gasteiger partial charge in [-0.1, -0.05) is 18.5 Å². The summed E-state index contributed by atoms with van der Waals surface area (Å²) < 4.78 is 32.6. The molecule has 0 saturated heterocycles. The van der Waals surface area contributed by atoms with Crippen molar-refractivity contribution < 1.29 is 13.2 Å². The topological polar surface area (TPSA) is 55.4 Å². The zero-order valence-corrected chi connectivity index (χ0v) is 13.2. The SMILES string of the molecule is CCOc1cc(C)c(Cl)cc1S(=O)(=O)NC(C)CC. The second-order valence-electron chi connectivity index (χ2n) is 4.41. The molecule has 1 unspecified atom stereocenters. The van der Waals surface area contributed by atoms with Gasteiger partial charge in [-0.2, -0.15) is 0 Å². The zero-order chi connectivity index (χ0) is 14.6. The van der Waals surface area contributed by atoms with Crippen LogP contribution in [0.25, 0.3) is 0 Å². The first kappa shape index (κ1) is 16.3. The highest BCUT2D eigenvalue weighted by molar-refractivity contribution is 7.89. The third-order valence-electron chi connectivity index (χ3n) is 2.78. The number of hydrogen-bond donors (Lipinski definition) is 1. The van der Waals surface area contributed by atoms with Crippen LogP contribution in [0.5, 0.6) is 5.75 Å². The van der Waals surface area contributed by atoms with Gasteiger partial charge < -0.3 is 4.74 Å². The lowest BCUT2D eigenvalue weighted by atomic mass is 10.2. The van der Waals surface area contributed by atoms with Crippen LogP contribution in [0.2, 0.25) is 5.02 Å². The summed E-state index contributed by atoms with van der Waals surface area (Å²) >= 11 is 6.01. The third-order valence-corrected chi connectivity index (χ3v) is 4.80. The average molecular weight is 306 g/mol. The predicted octanol–water partition coefficient (Wildman–Crippen LogP) is 3.12. The smallest absolute Gasteiger partial charge is 0.244 e. The third kappa shape index (κ3) is 4.09. The molecule has 1 aromatic carbocycles. The van der Waals surface area contributed by atoms with Gasteiger partial charge in [0.05, 0.1) is 6.61 Å². The monoisotopic (exact) mass is 305 g/mol. The minimum absolute atomic E-state index is 0.0882. The molecule has 0 aliphatic rings. The van der Waals surface area contributed by atoms with Crippen molar-refractivity contribution in [2.24, 2.45) is 0 Å². The van der Waals surface area contributed by atoms with E-state index in [0.29, 0.717) is 23.8 Å². The van der Waals surface area contributed by atoms with E-state index in [2.05, 4.69) is 4.72 Å². The number of halogens is 1. The van der Waals surface area contributed by atoms with Crippen LogP contribution in [-0.4, -0.2) is 21.1 Å². The van der Waals surface area contributed by atoms with Gasteiger partial charge in [0.1, 0.15) is 10.6 Å². The Bertz CT molecular complexity index is 543. The first-order chi connectivity index (χ1) is 8.81.